The predicted molar refractivity (Wildman–Crippen MR) is 143 cm³/mol. The number of nitrogens with one attached hydrogen (secondary N) is 1. The molecule has 0 unspecified atom stereocenters. The average molecular weight is 580 g/mol. The summed E-state index contributed by atoms with van der Waals surface area (Å²) in [4.78, 5) is 33.2. The second kappa shape index (κ2) is 12.3. The average Bonchev–Trinajstić information content (AvgIpc) is 3.30. The van der Waals surface area contributed by atoms with Crippen LogP contribution < -0.4 is 10.1 Å². The molecule has 1 aromatic carbocycles. The highest BCUT2D eigenvalue weighted by Crippen LogP contribution is 2.40. The van der Waals surface area contributed by atoms with Gasteiger partial charge in [0.2, 0.25) is 11.9 Å². The van der Waals surface area contributed by atoms with Crippen LogP contribution in [0.3, 0.4) is 0 Å². The topological polar surface area (TPSA) is 109 Å². The molecule has 41 heavy (non-hydrogen) atoms. The molecule has 1 saturated heterocycles. The van der Waals surface area contributed by atoms with Crippen molar-refractivity contribution in [3.05, 3.63) is 41.2 Å². The summed E-state index contributed by atoms with van der Waals surface area (Å²) in [5, 5.41) is 13.0. The molecule has 5 rings (SSSR count). The van der Waals surface area contributed by atoms with Gasteiger partial charge < -0.3 is 29.4 Å². The Morgan fingerprint density at radius 2 is 2.00 bits per heavy atom. The summed E-state index contributed by atoms with van der Waals surface area (Å²) in [6.45, 7) is 3.07. The van der Waals surface area contributed by atoms with E-state index >= 15 is 0 Å². The van der Waals surface area contributed by atoms with Crippen molar-refractivity contribution in [1.29, 1.82) is 0 Å². The summed E-state index contributed by atoms with van der Waals surface area (Å²) in [5.41, 5.74) is 0.564. The van der Waals surface area contributed by atoms with Gasteiger partial charge in [-0.3, -0.25) is 14.5 Å². The third-order valence-corrected chi connectivity index (χ3v) is 7.99. The number of hydrogen-bond donors (Lipinski definition) is 2. The molecule has 2 aromatic rings. The van der Waals surface area contributed by atoms with Crippen LogP contribution in [-0.4, -0.2) is 95.1 Å². The van der Waals surface area contributed by atoms with E-state index in [1.54, 1.807) is 18.2 Å². The van der Waals surface area contributed by atoms with Gasteiger partial charge in [-0.25, -0.2) is 4.98 Å². The molecular formula is C28H36F3N5O5. The van der Waals surface area contributed by atoms with Crippen LogP contribution in [-0.2, 0) is 40.3 Å². The number of imidazole rings is 1. The number of carbonyl (C=O) groups is 2. The number of ether oxygens (including phenoxy) is 2. The highest BCUT2D eigenvalue weighted by Gasteiger charge is 2.48. The number of aryl methyl sites for hydroxylation is 1. The minimum Gasteiger partial charge on any atom is -0.493 e. The third kappa shape index (κ3) is 7.31. The van der Waals surface area contributed by atoms with Gasteiger partial charge in [0, 0.05) is 45.3 Å². The number of carboxylic acid groups (broad SMARTS) is 1. The number of aliphatic carboxylic acids is 1. The van der Waals surface area contributed by atoms with Gasteiger partial charge >= 0.3 is 12.1 Å². The molecule has 0 aliphatic carbocycles. The van der Waals surface area contributed by atoms with Gasteiger partial charge in [0.1, 0.15) is 12.3 Å². The maximum absolute atomic E-state index is 13.8. The van der Waals surface area contributed by atoms with E-state index < -0.39 is 36.4 Å². The van der Waals surface area contributed by atoms with Crippen molar-refractivity contribution >= 4 is 17.8 Å². The second-order valence-corrected chi connectivity index (χ2v) is 11.1. The quantitative estimate of drug-likeness (QED) is 0.443. The summed E-state index contributed by atoms with van der Waals surface area (Å²) in [7, 11) is 0. The molecule has 3 aliphatic rings. The predicted octanol–water partition coefficient (Wildman–Crippen LogP) is 2.95. The number of anilines is 1. The van der Waals surface area contributed by atoms with Crippen LogP contribution in [0.1, 0.15) is 36.1 Å². The molecule has 1 aromatic heterocycles. The van der Waals surface area contributed by atoms with E-state index in [-0.39, 0.29) is 19.4 Å². The number of amides is 1. The number of benzene rings is 1. The zero-order valence-corrected chi connectivity index (χ0v) is 22.9. The van der Waals surface area contributed by atoms with Crippen LogP contribution in [0.4, 0.5) is 19.1 Å². The van der Waals surface area contributed by atoms with Crippen molar-refractivity contribution in [2.45, 2.75) is 51.4 Å². The number of carboxylic acids is 1. The lowest BCUT2D eigenvalue weighted by atomic mass is 9.74. The van der Waals surface area contributed by atoms with Crippen molar-refractivity contribution in [2.24, 2.45) is 5.41 Å². The number of carbonyl (C=O) groups excluding carboxylic acids is 1. The van der Waals surface area contributed by atoms with Gasteiger partial charge in [-0.2, -0.15) is 13.2 Å². The molecular weight excluding hydrogens is 543 g/mol. The third-order valence-electron chi connectivity index (χ3n) is 7.99. The number of aromatic nitrogens is 2. The fraction of sp³-hybridized carbons (Fsp3) is 0.607. The van der Waals surface area contributed by atoms with Crippen LogP contribution >= 0.6 is 0 Å². The summed E-state index contributed by atoms with van der Waals surface area (Å²) in [6.07, 6.45) is -1.43. The zero-order valence-electron chi connectivity index (χ0n) is 22.9. The molecule has 224 valence electrons. The molecule has 1 fully saturated rings. The van der Waals surface area contributed by atoms with E-state index in [0.29, 0.717) is 62.8 Å². The standard InChI is InChI=1S/C28H36F3N5O5/c29-28(30,31)19-36-17-21-14-23(41-11-4-22-18-35-7-1-6-32-26(35)33-22)3-2-20(21)15-27(25(36)39,16-24(37)38)5-8-34-9-12-40-13-10-34/h2-3,14,18H,1,4-13,15-17,19H2,(H,32,33)(H,37,38)/t27-/m1/s1. The lowest BCUT2D eigenvalue weighted by Crippen LogP contribution is -2.49. The summed E-state index contributed by atoms with van der Waals surface area (Å²) in [6, 6.07) is 5.15. The molecule has 0 saturated carbocycles. The van der Waals surface area contributed by atoms with Crippen LogP contribution in [0.15, 0.2) is 24.4 Å². The maximum atomic E-state index is 13.8. The first-order chi connectivity index (χ1) is 19.6. The molecule has 13 heteroatoms. The van der Waals surface area contributed by atoms with Crippen molar-refractivity contribution < 1.29 is 37.3 Å². The van der Waals surface area contributed by atoms with Crippen LogP contribution in [0.25, 0.3) is 0 Å². The van der Waals surface area contributed by atoms with E-state index in [4.69, 9.17) is 9.47 Å². The fourth-order valence-electron chi connectivity index (χ4n) is 5.94. The van der Waals surface area contributed by atoms with Crippen LogP contribution in [0.5, 0.6) is 5.75 Å². The lowest BCUT2D eigenvalue weighted by Gasteiger charge is -2.36. The van der Waals surface area contributed by atoms with Crippen molar-refractivity contribution in [1.82, 2.24) is 19.4 Å². The SMILES string of the molecule is O=C(O)C[C@@]1(CCN2CCOCC2)Cc2ccc(OCCc3cn4c(n3)NCCC4)cc2CN(CC(F)(F)F)C1=O. The van der Waals surface area contributed by atoms with E-state index in [0.717, 1.165) is 36.1 Å². The van der Waals surface area contributed by atoms with Crippen molar-refractivity contribution in [3.63, 3.8) is 0 Å². The minimum absolute atomic E-state index is 0.0413. The van der Waals surface area contributed by atoms with Gasteiger partial charge in [0.25, 0.3) is 0 Å². The number of halogens is 3. The summed E-state index contributed by atoms with van der Waals surface area (Å²) >= 11 is 0. The van der Waals surface area contributed by atoms with Crippen LogP contribution in [0, 0.1) is 5.41 Å². The van der Waals surface area contributed by atoms with Gasteiger partial charge in [-0.15, -0.1) is 0 Å². The minimum atomic E-state index is -4.63. The van der Waals surface area contributed by atoms with Crippen molar-refractivity contribution in [2.75, 3.05) is 57.9 Å². The molecule has 0 bridgehead atoms. The van der Waals surface area contributed by atoms with Gasteiger partial charge in [0.05, 0.1) is 37.4 Å². The monoisotopic (exact) mass is 579 g/mol. The molecule has 4 heterocycles. The molecule has 1 atom stereocenters. The Morgan fingerprint density at radius 1 is 1.20 bits per heavy atom. The molecule has 3 aliphatic heterocycles. The molecule has 2 N–H and O–H groups in total. The Bertz CT molecular complexity index is 1220. The highest BCUT2D eigenvalue weighted by atomic mass is 19.4. The number of morpholine rings is 1. The summed E-state index contributed by atoms with van der Waals surface area (Å²) < 4.78 is 54.3. The number of rotatable bonds is 10. The first kappa shape index (κ1) is 29.2. The number of fused-ring (bicyclic) bond motifs is 2. The Balaban J connectivity index is 1.36. The Labute approximate surface area is 236 Å². The smallest absolute Gasteiger partial charge is 0.406 e. The first-order valence-corrected chi connectivity index (χ1v) is 14.0. The Hall–Kier alpha value is -3.32. The second-order valence-electron chi connectivity index (χ2n) is 11.1. The van der Waals surface area contributed by atoms with Crippen LogP contribution in [0.2, 0.25) is 0 Å². The number of alkyl halides is 3. The number of hydrogen-bond acceptors (Lipinski definition) is 7. The van der Waals surface area contributed by atoms with E-state index in [9.17, 15) is 27.9 Å². The Kier molecular flexibility index (Phi) is 8.74. The largest absolute Gasteiger partial charge is 0.493 e. The molecule has 0 spiro atoms. The van der Waals surface area contributed by atoms with Gasteiger partial charge in [-0.05, 0) is 49.1 Å². The number of nitrogens with zero attached hydrogens (tertiary/aromatic N) is 4. The lowest BCUT2D eigenvalue weighted by molar-refractivity contribution is -0.170. The van der Waals surface area contributed by atoms with E-state index in [2.05, 4.69) is 19.8 Å². The zero-order chi connectivity index (χ0) is 29.0. The molecule has 1 amide bonds. The molecule has 10 nitrogen and oxygen atoms in total. The highest BCUT2D eigenvalue weighted by molar-refractivity contribution is 5.88. The summed E-state index contributed by atoms with van der Waals surface area (Å²) in [5.74, 6) is -0.679. The molecule has 0 radical (unpaired) electrons. The van der Waals surface area contributed by atoms with E-state index in [1.807, 2.05) is 6.20 Å². The van der Waals surface area contributed by atoms with Gasteiger partial charge in [0.15, 0.2) is 0 Å². The maximum Gasteiger partial charge on any atom is 0.406 e. The van der Waals surface area contributed by atoms with Gasteiger partial charge in [-0.1, -0.05) is 6.07 Å². The van der Waals surface area contributed by atoms with Crippen molar-refractivity contribution in [3.8, 4) is 5.75 Å². The normalized spacial score (nSPS) is 21.5. The van der Waals surface area contributed by atoms with E-state index in [1.165, 1.54) is 0 Å². The fourth-order valence-corrected chi connectivity index (χ4v) is 5.94. The Morgan fingerprint density at radius 3 is 2.73 bits per heavy atom. The first-order valence-electron chi connectivity index (χ1n) is 14.0.